The average molecular weight is 348 g/mol. The molecule has 3 aromatic carbocycles. The van der Waals surface area contributed by atoms with E-state index in [1.54, 1.807) is 24.3 Å². The summed E-state index contributed by atoms with van der Waals surface area (Å²) in [6.07, 6.45) is 0.384. The van der Waals surface area contributed by atoms with Gasteiger partial charge in [0.25, 0.3) is 0 Å². The smallest absolute Gasteiger partial charge is 0.200 e. The van der Waals surface area contributed by atoms with Gasteiger partial charge in [0.05, 0.1) is 0 Å². The Morgan fingerprint density at radius 1 is 0.769 bits per heavy atom. The van der Waals surface area contributed by atoms with Gasteiger partial charge >= 0.3 is 0 Å². The zero-order valence-corrected chi connectivity index (χ0v) is 13.7. The highest BCUT2D eigenvalue weighted by atomic mass is 16.3. The minimum atomic E-state index is -0.537. The highest BCUT2D eigenvalue weighted by Gasteiger charge is 2.18. The second-order valence-corrected chi connectivity index (χ2v) is 6.11. The van der Waals surface area contributed by atoms with Gasteiger partial charge in [-0.2, -0.15) is 0 Å². The molecular formula is C21H16O5. The van der Waals surface area contributed by atoms with E-state index in [4.69, 9.17) is 4.42 Å². The first-order valence-electron chi connectivity index (χ1n) is 8.06. The number of benzene rings is 3. The van der Waals surface area contributed by atoms with Crippen molar-refractivity contribution < 1.29 is 24.8 Å². The van der Waals surface area contributed by atoms with Gasteiger partial charge in [-0.25, -0.2) is 0 Å². The van der Waals surface area contributed by atoms with Crippen molar-refractivity contribution in [2.75, 3.05) is 0 Å². The van der Waals surface area contributed by atoms with E-state index in [1.165, 1.54) is 12.1 Å². The highest BCUT2D eigenvalue weighted by molar-refractivity contribution is 5.88. The summed E-state index contributed by atoms with van der Waals surface area (Å²) in [5.41, 5.74) is 3.04. The molecule has 4 aromatic rings. The van der Waals surface area contributed by atoms with Crippen LogP contribution in [0.15, 0.2) is 65.1 Å². The van der Waals surface area contributed by atoms with Crippen molar-refractivity contribution in [3.63, 3.8) is 0 Å². The molecule has 0 unspecified atom stereocenters. The van der Waals surface area contributed by atoms with Crippen LogP contribution in [0.25, 0.3) is 22.3 Å². The first kappa shape index (κ1) is 15.9. The molecule has 1 aromatic heterocycles. The molecule has 130 valence electrons. The van der Waals surface area contributed by atoms with Crippen LogP contribution in [0.4, 0.5) is 0 Å². The number of phenolic OH excluding ortho intramolecular Hbond substituents is 4. The van der Waals surface area contributed by atoms with Gasteiger partial charge in [0, 0.05) is 22.9 Å². The van der Waals surface area contributed by atoms with Crippen LogP contribution in [0.3, 0.4) is 0 Å². The number of hydrogen-bond donors (Lipinski definition) is 4. The van der Waals surface area contributed by atoms with Crippen LogP contribution in [-0.2, 0) is 6.42 Å². The third kappa shape index (κ3) is 2.69. The molecule has 0 saturated heterocycles. The Hall–Kier alpha value is -3.60. The fraction of sp³-hybridized carbons (Fsp3) is 0.0476. The Balaban J connectivity index is 1.88. The van der Waals surface area contributed by atoms with Gasteiger partial charge in [0.15, 0.2) is 17.2 Å². The van der Waals surface area contributed by atoms with E-state index in [-0.39, 0.29) is 17.2 Å². The number of aromatic hydroxyl groups is 4. The molecular weight excluding hydrogens is 332 g/mol. The summed E-state index contributed by atoms with van der Waals surface area (Å²) in [6.45, 7) is 0. The summed E-state index contributed by atoms with van der Waals surface area (Å²) >= 11 is 0. The Kier molecular flexibility index (Phi) is 3.69. The third-order valence-corrected chi connectivity index (χ3v) is 4.34. The lowest BCUT2D eigenvalue weighted by Gasteiger charge is -2.07. The maximum Gasteiger partial charge on any atom is 0.200 e. The number of hydrogen-bond acceptors (Lipinski definition) is 5. The van der Waals surface area contributed by atoms with E-state index in [1.807, 2.05) is 24.3 Å². The number of furan rings is 1. The molecule has 4 rings (SSSR count). The van der Waals surface area contributed by atoms with Crippen LogP contribution >= 0.6 is 0 Å². The zero-order chi connectivity index (χ0) is 18.3. The van der Waals surface area contributed by atoms with Crippen LogP contribution in [0.2, 0.25) is 0 Å². The minimum absolute atomic E-state index is 0.166. The monoisotopic (exact) mass is 348 g/mol. The molecule has 0 radical (unpaired) electrons. The first-order valence-corrected chi connectivity index (χ1v) is 8.06. The molecule has 4 N–H and O–H groups in total. The predicted octanol–water partition coefficient (Wildman–Crippen LogP) is 4.51. The van der Waals surface area contributed by atoms with E-state index in [2.05, 4.69) is 0 Å². The molecule has 26 heavy (non-hydrogen) atoms. The Labute approximate surface area is 149 Å². The summed E-state index contributed by atoms with van der Waals surface area (Å²) in [6, 6.07) is 17.1. The fourth-order valence-corrected chi connectivity index (χ4v) is 3.09. The molecule has 5 nitrogen and oxygen atoms in total. The van der Waals surface area contributed by atoms with Gasteiger partial charge in [-0.15, -0.1) is 0 Å². The number of para-hydroxylation sites is 1. The van der Waals surface area contributed by atoms with E-state index in [0.717, 1.165) is 22.1 Å². The largest absolute Gasteiger partial charge is 0.508 e. The van der Waals surface area contributed by atoms with Gasteiger partial charge in [-0.05, 0) is 48.0 Å². The van der Waals surface area contributed by atoms with Crippen molar-refractivity contribution in [3.05, 3.63) is 71.8 Å². The van der Waals surface area contributed by atoms with E-state index in [0.29, 0.717) is 17.7 Å². The normalized spacial score (nSPS) is 11.1. The molecule has 1 heterocycles. The molecule has 0 aliphatic heterocycles. The Morgan fingerprint density at radius 3 is 2.12 bits per heavy atom. The number of fused-ring (bicyclic) bond motifs is 1. The SMILES string of the molecule is Oc1ccc(-c2oc3ccccc3c2Cc2cc(O)c(O)c(O)c2)cc1. The molecule has 5 heteroatoms. The third-order valence-electron chi connectivity index (χ3n) is 4.34. The van der Waals surface area contributed by atoms with Gasteiger partial charge in [0.1, 0.15) is 17.1 Å². The van der Waals surface area contributed by atoms with Crippen LogP contribution in [0.1, 0.15) is 11.1 Å². The van der Waals surface area contributed by atoms with Crippen molar-refractivity contribution in [3.8, 4) is 34.3 Å². The molecule has 0 saturated carbocycles. The lowest BCUT2D eigenvalue weighted by Crippen LogP contribution is -1.90. The van der Waals surface area contributed by atoms with Gasteiger partial charge in [0.2, 0.25) is 0 Å². The van der Waals surface area contributed by atoms with Crippen LogP contribution in [0.5, 0.6) is 23.0 Å². The molecule has 0 amide bonds. The lowest BCUT2D eigenvalue weighted by atomic mass is 9.98. The molecule has 0 fully saturated rings. The first-order chi connectivity index (χ1) is 12.5. The second kappa shape index (κ2) is 6.04. The quantitative estimate of drug-likeness (QED) is 0.409. The van der Waals surface area contributed by atoms with Crippen LogP contribution in [-0.4, -0.2) is 20.4 Å². The van der Waals surface area contributed by atoms with Crippen molar-refractivity contribution in [2.45, 2.75) is 6.42 Å². The summed E-state index contributed by atoms with van der Waals surface area (Å²) in [5, 5.41) is 39.5. The summed E-state index contributed by atoms with van der Waals surface area (Å²) in [5.74, 6) is -0.472. The topological polar surface area (TPSA) is 94.1 Å². The van der Waals surface area contributed by atoms with E-state index < -0.39 is 5.75 Å². The van der Waals surface area contributed by atoms with Crippen LogP contribution in [0, 0.1) is 0 Å². The van der Waals surface area contributed by atoms with E-state index >= 15 is 0 Å². The number of phenols is 4. The van der Waals surface area contributed by atoms with Crippen molar-refractivity contribution in [1.29, 1.82) is 0 Å². The van der Waals surface area contributed by atoms with Crippen LogP contribution < -0.4 is 0 Å². The maximum atomic E-state index is 9.78. The van der Waals surface area contributed by atoms with Crippen molar-refractivity contribution in [1.82, 2.24) is 0 Å². The van der Waals surface area contributed by atoms with Crippen molar-refractivity contribution >= 4 is 11.0 Å². The summed E-state index contributed by atoms with van der Waals surface area (Å²) < 4.78 is 6.03. The molecule has 0 spiro atoms. The standard InChI is InChI=1S/C21H16O5/c22-14-7-5-13(6-8-14)21-16(15-3-1-2-4-19(15)26-21)9-12-10-17(23)20(25)18(24)11-12/h1-8,10-11,22-25H,9H2. The predicted molar refractivity (Wildman–Crippen MR) is 97.6 cm³/mol. The minimum Gasteiger partial charge on any atom is -0.508 e. The average Bonchev–Trinajstić information content (AvgIpc) is 2.99. The zero-order valence-electron chi connectivity index (χ0n) is 13.7. The number of rotatable bonds is 3. The molecule has 0 aliphatic carbocycles. The highest BCUT2D eigenvalue weighted by Crippen LogP contribution is 2.39. The van der Waals surface area contributed by atoms with Gasteiger partial charge in [-0.3, -0.25) is 0 Å². The summed E-state index contributed by atoms with van der Waals surface area (Å²) in [7, 11) is 0. The van der Waals surface area contributed by atoms with Gasteiger partial charge in [-0.1, -0.05) is 18.2 Å². The molecule has 0 aliphatic rings. The Bertz CT molecular complexity index is 1070. The van der Waals surface area contributed by atoms with Crippen molar-refractivity contribution in [2.24, 2.45) is 0 Å². The second-order valence-electron chi connectivity index (χ2n) is 6.11. The lowest BCUT2D eigenvalue weighted by molar-refractivity contribution is 0.367. The molecule has 0 bridgehead atoms. The van der Waals surface area contributed by atoms with Gasteiger partial charge < -0.3 is 24.8 Å². The summed E-state index contributed by atoms with van der Waals surface area (Å²) in [4.78, 5) is 0. The van der Waals surface area contributed by atoms with E-state index in [9.17, 15) is 20.4 Å². The Morgan fingerprint density at radius 2 is 1.42 bits per heavy atom. The fourth-order valence-electron chi connectivity index (χ4n) is 3.09. The molecule has 0 atom stereocenters. The maximum absolute atomic E-state index is 9.78.